The van der Waals surface area contributed by atoms with Gasteiger partial charge < -0.3 is 14.8 Å². The second-order valence-electron chi connectivity index (χ2n) is 7.14. The molecule has 0 aliphatic rings. The largest absolute Gasteiger partial charge is 0.423 e. The van der Waals surface area contributed by atoms with E-state index in [4.69, 9.17) is 9.47 Å². The van der Waals surface area contributed by atoms with E-state index in [-0.39, 0.29) is 11.9 Å². The van der Waals surface area contributed by atoms with Crippen LogP contribution in [0.2, 0.25) is 0 Å². The summed E-state index contributed by atoms with van der Waals surface area (Å²) in [5, 5.41) is 3.36. The predicted molar refractivity (Wildman–Crippen MR) is 113 cm³/mol. The fourth-order valence-corrected chi connectivity index (χ4v) is 2.79. The van der Waals surface area contributed by atoms with Crippen molar-refractivity contribution in [2.24, 2.45) is 0 Å². The molecular formula is C23H37NO4. The van der Waals surface area contributed by atoms with Crippen LogP contribution in [0.5, 0.6) is 11.5 Å². The molecule has 1 aromatic carbocycles. The number of carbonyl (C=O) groups excluding carboxylic acids is 2. The monoisotopic (exact) mass is 391 g/mol. The van der Waals surface area contributed by atoms with Gasteiger partial charge in [0.2, 0.25) is 0 Å². The lowest BCUT2D eigenvalue weighted by molar-refractivity contribution is -0.137. The van der Waals surface area contributed by atoms with Crippen LogP contribution in [0, 0.1) is 0 Å². The first-order valence-electron chi connectivity index (χ1n) is 10.9. The SMILES string of the molecule is CCCCCC(=O)Oc1ccc(CCNCCC)cc1OC(=O)CCCCC. The number of benzene rings is 1. The Hall–Kier alpha value is -1.88. The fourth-order valence-electron chi connectivity index (χ4n) is 2.79. The summed E-state index contributed by atoms with van der Waals surface area (Å²) in [6.45, 7) is 8.15. The molecule has 0 atom stereocenters. The molecule has 0 saturated carbocycles. The highest BCUT2D eigenvalue weighted by Gasteiger charge is 2.15. The average Bonchev–Trinajstić information content (AvgIpc) is 2.67. The summed E-state index contributed by atoms with van der Waals surface area (Å²) in [6.07, 6.45) is 8.38. The lowest BCUT2D eigenvalue weighted by atomic mass is 10.1. The van der Waals surface area contributed by atoms with Crippen LogP contribution in [0.25, 0.3) is 0 Å². The van der Waals surface area contributed by atoms with Gasteiger partial charge >= 0.3 is 11.9 Å². The van der Waals surface area contributed by atoms with Gasteiger partial charge in [-0.25, -0.2) is 0 Å². The Morgan fingerprint density at radius 2 is 1.39 bits per heavy atom. The van der Waals surface area contributed by atoms with Crippen LogP contribution in [0.3, 0.4) is 0 Å². The van der Waals surface area contributed by atoms with Crippen LogP contribution >= 0.6 is 0 Å². The van der Waals surface area contributed by atoms with Gasteiger partial charge in [0.15, 0.2) is 11.5 Å². The molecule has 1 N–H and O–H groups in total. The topological polar surface area (TPSA) is 64.6 Å². The van der Waals surface area contributed by atoms with Gasteiger partial charge in [-0.1, -0.05) is 52.5 Å². The fraction of sp³-hybridized carbons (Fsp3) is 0.652. The minimum atomic E-state index is -0.283. The summed E-state index contributed by atoms with van der Waals surface area (Å²) >= 11 is 0. The second kappa shape index (κ2) is 15.1. The summed E-state index contributed by atoms with van der Waals surface area (Å²) in [6, 6.07) is 5.48. The first kappa shape index (κ1) is 24.2. The third-order valence-electron chi connectivity index (χ3n) is 4.44. The van der Waals surface area contributed by atoms with Crippen LogP contribution < -0.4 is 14.8 Å². The summed E-state index contributed by atoms with van der Waals surface area (Å²) in [4.78, 5) is 24.3. The number of rotatable bonds is 15. The van der Waals surface area contributed by atoms with E-state index < -0.39 is 0 Å². The van der Waals surface area contributed by atoms with Crippen molar-refractivity contribution in [1.29, 1.82) is 0 Å². The first-order chi connectivity index (χ1) is 13.6. The minimum Gasteiger partial charge on any atom is -0.423 e. The molecule has 0 aliphatic heterocycles. The van der Waals surface area contributed by atoms with Gasteiger partial charge in [0.25, 0.3) is 0 Å². The Morgan fingerprint density at radius 3 is 1.96 bits per heavy atom. The van der Waals surface area contributed by atoms with Gasteiger partial charge in [-0.3, -0.25) is 9.59 Å². The number of carbonyl (C=O) groups is 2. The van der Waals surface area contributed by atoms with Gasteiger partial charge in [0.1, 0.15) is 0 Å². The molecule has 158 valence electrons. The van der Waals surface area contributed by atoms with E-state index in [9.17, 15) is 9.59 Å². The van der Waals surface area contributed by atoms with Gasteiger partial charge in [-0.05, 0) is 56.5 Å². The summed E-state index contributed by atoms with van der Waals surface area (Å²) < 4.78 is 11.0. The lowest BCUT2D eigenvalue weighted by Crippen LogP contribution is -2.18. The van der Waals surface area contributed by atoms with Crippen molar-refractivity contribution in [3.8, 4) is 11.5 Å². The molecule has 0 radical (unpaired) electrons. The normalized spacial score (nSPS) is 10.7. The Kier molecular flexibility index (Phi) is 13.0. The molecule has 0 aromatic heterocycles. The van der Waals surface area contributed by atoms with Crippen molar-refractivity contribution >= 4 is 11.9 Å². The first-order valence-corrected chi connectivity index (χ1v) is 10.9. The van der Waals surface area contributed by atoms with E-state index in [1.165, 1.54) is 0 Å². The standard InChI is InChI=1S/C23H37NO4/c1-4-7-9-11-22(25)27-20-14-13-19(15-17-24-16-6-3)18-21(20)28-23(26)12-10-8-5-2/h13-14,18,24H,4-12,15-17H2,1-3H3. The molecule has 0 saturated heterocycles. The summed E-state index contributed by atoms with van der Waals surface area (Å²) in [5.74, 6) is 0.112. The highest BCUT2D eigenvalue weighted by molar-refractivity contribution is 5.76. The Labute approximate surface area is 170 Å². The van der Waals surface area contributed by atoms with E-state index in [0.717, 1.165) is 70.0 Å². The molecule has 0 spiro atoms. The number of unbranched alkanes of at least 4 members (excludes halogenated alkanes) is 4. The average molecular weight is 392 g/mol. The number of hydrogen-bond acceptors (Lipinski definition) is 5. The second-order valence-corrected chi connectivity index (χ2v) is 7.14. The number of esters is 2. The minimum absolute atomic E-state index is 0.280. The number of nitrogens with one attached hydrogen (secondary N) is 1. The molecule has 0 unspecified atom stereocenters. The zero-order chi connectivity index (χ0) is 20.6. The predicted octanol–water partition coefficient (Wildman–Crippen LogP) is 5.20. The quantitative estimate of drug-likeness (QED) is 0.253. The van der Waals surface area contributed by atoms with E-state index in [2.05, 4.69) is 26.1 Å². The van der Waals surface area contributed by atoms with Crippen molar-refractivity contribution in [2.75, 3.05) is 13.1 Å². The van der Waals surface area contributed by atoms with Gasteiger partial charge in [0.05, 0.1) is 0 Å². The Bertz CT molecular complexity index is 586. The molecule has 1 rings (SSSR count). The maximum atomic E-state index is 12.2. The summed E-state index contributed by atoms with van der Waals surface area (Å²) in [5.41, 5.74) is 1.05. The maximum Gasteiger partial charge on any atom is 0.311 e. The maximum absolute atomic E-state index is 12.2. The molecule has 0 amide bonds. The van der Waals surface area contributed by atoms with Crippen molar-refractivity contribution in [2.45, 2.75) is 85.0 Å². The van der Waals surface area contributed by atoms with Crippen molar-refractivity contribution in [1.82, 2.24) is 5.32 Å². The van der Waals surface area contributed by atoms with E-state index >= 15 is 0 Å². The summed E-state index contributed by atoms with van der Waals surface area (Å²) in [7, 11) is 0. The molecule has 1 aromatic rings. The third-order valence-corrected chi connectivity index (χ3v) is 4.44. The molecule has 0 bridgehead atoms. The van der Waals surface area contributed by atoms with E-state index in [1.807, 2.05) is 12.1 Å². The Balaban J connectivity index is 2.77. The van der Waals surface area contributed by atoms with Crippen LogP contribution in [0.15, 0.2) is 18.2 Å². The van der Waals surface area contributed by atoms with E-state index in [1.54, 1.807) is 6.07 Å². The number of hydrogen-bond donors (Lipinski definition) is 1. The molecule has 5 heteroatoms. The van der Waals surface area contributed by atoms with Crippen molar-refractivity contribution in [3.05, 3.63) is 23.8 Å². The number of ether oxygens (including phenoxy) is 2. The molecular weight excluding hydrogens is 354 g/mol. The van der Waals surface area contributed by atoms with Crippen molar-refractivity contribution < 1.29 is 19.1 Å². The zero-order valence-corrected chi connectivity index (χ0v) is 17.9. The van der Waals surface area contributed by atoms with Gasteiger partial charge in [-0.2, -0.15) is 0 Å². The Morgan fingerprint density at radius 1 is 0.786 bits per heavy atom. The third kappa shape index (κ3) is 10.5. The molecule has 5 nitrogen and oxygen atoms in total. The lowest BCUT2D eigenvalue weighted by Gasteiger charge is -2.13. The van der Waals surface area contributed by atoms with Crippen LogP contribution in [0.1, 0.15) is 84.1 Å². The zero-order valence-electron chi connectivity index (χ0n) is 17.9. The molecule has 28 heavy (non-hydrogen) atoms. The molecule has 0 fully saturated rings. The smallest absolute Gasteiger partial charge is 0.311 e. The highest BCUT2D eigenvalue weighted by Crippen LogP contribution is 2.30. The van der Waals surface area contributed by atoms with Gasteiger partial charge in [-0.15, -0.1) is 0 Å². The van der Waals surface area contributed by atoms with Crippen LogP contribution in [-0.4, -0.2) is 25.0 Å². The van der Waals surface area contributed by atoms with Crippen molar-refractivity contribution in [3.63, 3.8) is 0 Å². The molecule has 0 heterocycles. The molecule has 0 aliphatic carbocycles. The van der Waals surface area contributed by atoms with E-state index in [0.29, 0.717) is 24.3 Å². The highest BCUT2D eigenvalue weighted by atomic mass is 16.6. The van der Waals surface area contributed by atoms with Crippen LogP contribution in [-0.2, 0) is 16.0 Å². The van der Waals surface area contributed by atoms with Crippen LogP contribution in [0.4, 0.5) is 0 Å². The van der Waals surface area contributed by atoms with Gasteiger partial charge in [0, 0.05) is 12.8 Å².